The van der Waals surface area contributed by atoms with E-state index in [0.29, 0.717) is 23.2 Å². The number of carbonyl (C=O) groups is 1. The topological polar surface area (TPSA) is 62.4 Å². The minimum atomic E-state index is -0.0980. The van der Waals surface area contributed by atoms with Crippen LogP contribution in [0.3, 0.4) is 0 Å². The van der Waals surface area contributed by atoms with Gasteiger partial charge in [-0.1, -0.05) is 26.0 Å². The van der Waals surface area contributed by atoms with E-state index in [1.54, 1.807) is 7.11 Å². The summed E-state index contributed by atoms with van der Waals surface area (Å²) in [5, 5.41) is 3.26. The molecule has 0 spiro atoms. The second-order valence-electron chi connectivity index (χ2n) is 4.43. The monoisotopic (exact) mass is 281 g/mol. The van der Waals surface area contributed by atoms with Crippen molar-refractivity contribution in [2.75, 3.05) is 12.4 Å². The van der Waals surface area contributed by atoms with Gasteiger partial charge in [0.2, 0.25) is 5.91 Å². The molecule has 0 saturated carbocycles. The number of hydrogen-bond donors (Lipinski definition) is 3. The van der Waals surface area contributed by atoms with Gasteiger partial charge in [0.25, 0.3) is 0 Å². The lowest BCUT2D eigenvalue weighted by atomic mass is 10.1. The summed E-state index contributed by atoms with van der Waals surface area (Å²) in [6, 6.07) is 7.39. The van der Waals surface area contributed by atoms with Crippen molar-refractivity contribution < 1.29 is 9.53 Å². The molecular formula is C13H19N3O2S. The first-order valence-corrected chi connectivity index (χ1v) is 6.42. The third-order valence-electron chi connectivity index (χ3n) is 2.26. The zero-order valence-electron chi connectivity index (χ0n) is 11.3. The van der Waals surface area contributed by atoms with Gasteiger partial charge in [-0.05, 0) is 30.3 Å². The molecule has 0 aliphatic carbocycles. The summed E-state index contributed by atoms with van der Waals surface area (Å²) in [5.74, 6) is 0.886. The van der Waals surface area contributed by atoms with E-state index in [1.807, 2.05) is 38.1 Å². The van der Waals surface area contributed by atoms with Crippen LogP contribution in [0.25, 0.3) is 0 Å². The summed E-state index contributed by atoms with van der Waals surface area (Å²) in [4.78, 5) is 11.4. The molecule has 0 aliphatic heterocycles. The lowest BCUT2D eigenvalue weighted by Gasteiger charge is -2.14. The molecule has 0 radical (unpaired) electrons. The van der Waals surface area contributed by atoms with Crippen LogP contribution >= 0.6 is 12.2 Å². The van der Waals surface area contributed by atoms with Gasteiger partial charge in [0.15, 0.2) is 5.11 Å². The molecule has 5 nitrogen and oxygen atoms in total. The zero-order valence-corrected chi connectivity index (χ0v) is 12.1. The molecule has 0 atom stereocenters. The number of hydrazine groups is 1. The number of rotatable bonds is 4. The number of methoxy groups -OCH3 is 1. The molecule has 1 aromatic rings. The Morgan fingerprint density at radius 3 is 2.63 bits per heavy atom. The number of amides is 1. The number of nitrogens with one attached hydrogen (secondary N) is 3. The van der Waals surface area contributed by atoms with Gasteiger partial charge in [0.05, 0.1) is 12.8 Å². The maximum absolute atomic E-state index is 11.4. The van der Waals surface area contributed by atoms with Gasteiger partial charge in [-0.25, -0.2) is 0 Å². The van der Waals surface area contributed by atoms with E-state index < -0.39 is 0 Å². The fraction of sp³-hybridized carbons (Fsp3) is 0.385. The molecule has 3 N–H and O–H groups in total. The van der Waals surface area contributed by atoms with Crippen molar-refractivity contribution in [3.63, 3.8) is 0 Å². The molecule has 0 unspecified atom stereocenters. The quantitative estimate of drug-likeness (QED) is 0.582. The van der Waals surface area contributed by atoms with Crippen LogP contribution in [0.2, 0.25) is 0 Å². The third-order valence-corrected chi connectivity index (χ3v) is 2.47. The molecule has 0 aromatic heterocycles. The molecule has 19 heavy (non-hydrogen) atoms. The highest BCUT2D eigenvalue weighted by atomic mass is 32.1. The van der Waals surface area contributed by atoms with Gasteiger partial charge in [-0.2, -0.15) is 0 Å². The second-order valence-corrected chi connectivity index (χ2v) is 4.83. The Kier molecular flexibility index (Phi) is 6.08. The van der Waals surface area contributed by atoms with E-state index in [2.05, 4.69) is 16.2 Å². The van der Waals surface area contributed by atoms with E-state index in [0.717, 1.165) is 5.69 Å². The average Bonchev–Trinajstić information content (AvgIpc) is 2.36. The highest BCUT2D eigenvalue weighted by molar-refractivity contribution is 7.80. The van der Waals surface area contributed by atoms with Crippen LogP contribution in [0.4, 0.5) is 5.69 Å². The molecule has 0 heterocycles. The zero-order chi connectivity index (χ0) is 14.3. The highest BCUT2D eigenvalue weighted by Gasteiger charge is 2.06. The Morgan fingerprint density at radius 2 is 2.00 bits per heavy atom. The lowest BCUT2D eigenvalue weighted by molar-refractivity contribution is -0.122. The summed E-state index contributed by atoms with van der Waals surface area (Å²) in [7, 11) is 1.58. The standard InChI is InChI=1S/C13H19N3O2S/c1-9(2)8-12(17)15-16-13(19)14-10-6-4-5-7-11(10)18-3/h4-7,9H,8H2,1-3H3,(H,15,17)(H2,14,16,19). The van der Waals surface area contributed by atoms with Crippen LogP contribution in [0.1, 0.15) is 20.3 Å². The van der Waals surface area contributed by atoms with Crippen molar-refractivity contribution in [3.05, 3.63) is 24.3 Å². The van der Waals surface area contributed by atoms with Gasteiger partial charge in [0.1, 0.15) is 5.75 Å². The van der Waals surface area contributed by atoms with Crippen molar-refractivity contribution in [3.8, 4) is 5.75 Å². The highest BCUT2D eigenvalue weighted by Crippen LogP contribution is 2.22. The van der Waals surface area contributed by atoms with E-state index >= 15 is 0 Å². The second kappa shape index (κ2) is 7.58. The predicted molar refractivity (Wildman–Crippen MR) is 79.9 cm³/mol. The van der Waals surface area contributed by atoms with Crippen molar-refractivity contribution in [1.82, 2.24) is 10.9 Å². The summed E-state index contributed by atoms with van der Waals surface area (Å²) in [6.45, 7) is 3.95. The number of ether oxygens (including phenoxy) is 1. The first kappa shape index (κ1) is 15.2. The number of benzene rings is 1. The normalized spacial score (nSPS) is 9.89. The van der Waals surface area contributed by atoms with Crippen LogP contribution in [0.5, 0.6) is 5.75 Å². The third kappa shape index (κ3) is 5.56. The molecule has 0 fully saturated rings. The van der Waals surface area contributed by atoms with Crippen LogP contribution in [0.15, 0.2) is 24.3 Å². The Hall–Kier alpha value is -1.82. The molecule has 0 saturated heterocycles. The van der Waals surface area contributed by atoms with E-state index in [9.17, 15) is 4.79 Å². The number of thiocarbonyl (C=S) groups is 1. The van der Waals surface area contributed by atoms with Crippen LogP contribution in [0, 0.1) is 5.92 Å². The maximum Gasteiger partial charge on any atom is 0.238 e. The molecule has 104 valence electrons. The molecule has 0 aliphatic rings. The lowest BCUT2D eigenvalue weighted by Crippen LogP contribution is -2.44. The summed E-state index contributed by atoms with van der Waals surface area (Å²) in [6.07, 6.45) is 0.449. The SMILES string of the molecule is COc1ccccc1NC(=S)NNC(=O)CC(C)C. The van der Waals surface area contributed by atoms with Gasteiger partial charge < -0.3 is 10.1 Å². The average molecular weight is 281 g/mol. The van der Waals surface area contributed by atoms with Crippen molar-refractivity contribution >= 4 is 28.9 Å². The van der Waals surface area contributed by atoms with E-state index in [-0.39, 0.29) is 5.91 Å². The minimum absolute atomic E-state index is 0.0980. The Labute approximate surface area is 118 Å². The van der Waals surface area contributed by atoms with Crippen LogP contribution in [-0.4, -0.2) is 18.1 Å². The van der Waals surface area contributed by atoms with Crippen molar-refractivity contribution in [2.24, 2.45) is 5.92 Å². The number of para-hydroxylation sites is 2. The Balaban J connectivity index is 2.45. The fourth-order valence-electron chi connectivity index (χ4n) is 1.45. The molecule has 1 aromatic carbocycles. The van der Waals surface area contributed by atoms with Gasteiger partial charge in [-0.3, -0.25) is 15.6 Å². The van der Waals surface area contributed by atoms with Crippen LogP contribution < -0.4 is 20.9 Å². The Bertz CT molecular complexity index is 449. The number of carbonyl (C=O) groups excluding carboxylic acids is 1. The van der Waals surface area contributed by atoms with E-state index in [4.69, 9.17) is 17.0 Å². The largest absolute Gasteiger partial charge is 0.495 e. The molecule has 6 heteroatoms. The summed E-state index contributed by atoms with van der Waals surface area (Å²) >= 11 is 5.08. The number of anilines is 1. The predicted octanol–water partition coefficient (Wildman–Crippen LogP) is 2.06. The maximum atomic E-state index is 11.4. The molecule has 1 amide bonds. The van der Waals surface area contributed by atoms with E-state index in [1.165, 1.54) is 0 Å². The van der Waals surface area contributed by atoms with Crippen LogP contribution in [-0.2, 0) is 4.79 Å². The fourth-order valence-corrected chi connectivity index (χ4v) is 1.61. The molecular weight excluding hydrogens is 262 g/mol. The van der Waals surface area contributed by atoms with Crippen molar-refractivity contribution in [2.45, 2.75) is 20.3 Å². The minimum Gasteiger partial charge on any atom is -0.495 e. The summed E-state index contributed by atoms with van der Waals surface area (Å²) in [5.41, 5.74) is 5.93. The Morgan fingerprint density at radius 1 is 1.32 bits per heavy atom. The first-order chi connectivity index (χ1) is 9.02. The first-order valence-electron chi connectivity index (χ1n) is 6.01. The van der Waals surface area contributed by atoms with Crippen molar-refractivity contribution in [1.29, 1.82) is 0 Å². The molecule has 0 bridgehead atoms. The number of hydrogen-bond acceptors (Lipinski definition) is 3. The molecule has 1 rings (SSSR count). The van der Waals surface area contributed by atoms with Gasteiger partial charge >= 0.3 is 0 Å². The summed E-state index contributed by atoms with van der Waals surface area (Å²) < 4.78 is 5.19. The smallest absolute Gasteiger partial charge is 0.238 e. The van der Waals surface area contributed by atoms with Gasteiger partial charge in [0, 0.05) is 6.42 Å². The van der Waals surface area contributed by atoms with Gasteiger partial charge in [-0.15, -0.1) is 0 Å².